The van der Waals surface area contributed by atoms with E-state index in [4.69, 9.17) is 0 Å². The first-order valence-corrected chi connectivity index (χ1v) is 4.32. The molecule has 1 saturated carbocycles. The smallest absolute Gasteiger partial charge is 0.177 e. The van der Waals surface area contributed by atoms with Crippen molar-refractivity contribution < 1.29 is 4.79 Å². The molecule has 3 nitrogen and oxygen atoms in total. The van der Waals surface area contributed by atoms with Crippen molar-refractivity contribution in [2.75, 3.05) is 0 Å². The number of aromatic nitrogens is 2. The average molecular weight is 164 g/mol. The van der Waals surface area contributed by atoms with Crippen molar-refractivity contribution >= 4 is 5.78 Å². The minimum absolute atomic E-state index is 0.111. The van der Waals surface area contributed by atoms with Gasteiger partial charge in [-0.05, 0) is 19.3 Å². The van der Waals surface area contributed by atoms with E-state index in [1.807, 2.05) is 4.57 Å². The number of carbonyl (C=O) groups is 1. The Kier molecular flexibility index (Phi) is 1.71. The van der Waals surface area contributed by atoms with E-state index in [1.165, 1.54) is 19.3 Å². The number of ketones is 1. The molecular formula is C9H12N2O. The summed E-state index contributed by atoms with van der Waals surface area (Å²) >= 11 is 0. The van der Waals surface area contributed by atoms with Gasteiger partial charge in [0.05, 0.1) is 12.5 Å². The van der Waals surface area contributed by atoms with Gasteiger partial charge >= 0.3 is 0 Å². The van der Waals surface area contributed by atoms with Gasteiger partial charge in [-0.25, -0.2) is 4.98 Å². The lowest BCUT2D eigenvalue weighted by atomic mass is 9.92. The molecule has 0 radical (unpaired) electrons. The summed E-state index contributed by atoms with van der Waals surface area (Å²) in [6, 6.07) is 0.534. The molecule has 12 heavy (non-hydrogen) atoms. The van der Waals surface area contributed by atoms with E-state index < -0.39 is 0 Å². The van der Waals surface area contributed by atoms with Gasteiger partial charge in [0.15, 0.2) is 5.78 Å². The van der Waals surface area contributed by atoms with Crippen LogP contribution in [0.4, 0.5) is 0 Å². The molecule has 3 heteroatoms. The molecule has 64 valence electrons. The number of hydrogen-bond acceptors (Lipinski definition) is 2. The summed E-state index contributed by atoms with van der Waals surface area (Å²) in [4.78, 5) is 15.1. The van der Waals surface area contributed by atoms with E-state index in [9.17, 15) is 4.79 Å². The molecule has 0 amide bonds. The molecule has 0 saturated heterocycles. The maximum absolute atomic E-state index is 11.1. The molecule has 0 spiro atoms. The molecular weight excluding hydrogens is 152 g/mol. The lowest BCUT2D eigenvalue weighted by molar-refractivity contribution is 0.0999. The predicted octanol–water partition coefficient (Wildman–Crippen LogP) is 1.81. The third-order valence-corrected chi connectivity index (χ3v) is 2.49. The minimum atomic E-state index is 0.111. The Morgan fingerprint density at radius 2 is 2.42 bits per heavy atom. The molecule has 1 aromatic rings. The second-order valence-electron chi connectivity index (χ2n) is 3.33. The van der Waals surface area contributed by atoms with Crippen molar-refractivity contribution in [3.8, 4) is 0 Å². The fourth-order valence-corrected chi connectivity index (χ4v) is 1.53. The zero-order valence-electron chi connectivity index (χ0n) is 7.16. The highest BCUT2D eigenvalue weighted by Gasteiger charge is 2.22. The first kappa shape index (κ1) is 7.53. The first-order valence-electron chi connectivity index (χ1n) is 4.32. The van der Waals surface area contributed by atoms with Gasteiger partial charge in [0.25, 0.3) is 0 Å². The predicted molar refractivity (Wildman–Crippen MR) is 45.1 cm³/mol. The summed E-state index contributed by atoms with van der Waals surface area (Å²) in [5, 5.41) is 0. The zero-order valence-corrected chi connectivity index (χ0v) is 7.16. The van der Waals surface area contributed by atoms with Gasteiger partial charge in [0.1, 0.15) is 5.69 Å². The molecule has 0 aliphatic heterocycles. The summed E-state index contributed by atoms with van der Waals surface area (Å²) in [5.41, 5.74) is 0.750. The van der Waals surface area contributed by atoms with Crippen LogP contribution in [0, 0.1) is 0 Å². The Hall–Kier alpha value is -1.12. The van der Waals surface area contributed by atoms with Crippen LogP contribution in [0.5, 0.6) is 0 Å². The van der Waals surface area contributed by atoms with E-state index >= 15 is 0 Å². The second-order valence-corrected chi connectivity index (χ2v) is 3.33. The molecule has 1 fully saturated rings. The van der Waals surface area contributed by atoms with Gasteiger partial charge in [0.2, 0.25) is 0 Å². The molecule has 0 N–H and O–H groups in total. The number of Topliss-reactive ketones (excluding diaryl/α,β-unsaturated/α-hetero) is 1. The summed E-state index contributed by atoms with van der Waals surface area (Å²) in [7, 11) is 0. The van der Waals surface area contributed by atoms with Gasteiger partial charge < -0.3 is 4.57 Å². The van der Waals surface area contributed by atoms with Crippen molar-refractivity contribution in [1.29, 1.82) is 0 Å². The van der Waals surface area contributed by atoms with Gasteiger partial charge in [0, 0.05) is 13.0 Å². The highest BCUT2D eigenvalue weighted by atomic mass is 16.1. The normalized spacial score (nSPS) is 17.4. The van der Waals surface area contributed by atoms with Crippen LogP contribution in [0.25, 0.3) is 0 Å². The maximum atomic E-state index is 11.1. The third kappa shape index (κ3) is 1.05. The largest absolute Gasteiger partial charge is 0.325 e. The molecule has 1 aliphatic rings. The monoisotopic (exact) mass is 164 g/mol. The summed E-state index contributed by atoms with van der Waals surface area (Å²) < 4.78 is 2.01. The number of nitrogens with zero attached hydrogens (tertiary/aromatic N) is 2. The molecule has 0 bridgehead atoms. The Bertz CT molecular complexity index is 299. The van der Waals surface area contributed by atoms with Crippen molar-refractivity contribution in [3.05, 3.63) is 18.2 Å². The topological polar surface area (TPSA) is 34.9 Å². The van der Waals surface area contributed by atoms with Gasteiger partial charge in [-0.1, -0.05) is 0 Å². The van der Waals surface area contributed by atoms with Crippen LogP contribution in [-0.4, -0.2) is 15.3 Å². The van der Waals surface area contributed by atoms with Crippen LogP contribution in [0.1, 0.15) is 42.7 Å². The third-order valence-electron chi connectivity index (χ3n) is 2.49. The Labute approximate surface area is 71.4 Å². The Balaban J connectivity index is 2.29. The van der Waals surface area contributed by atoms with Crippen LogP contribution in [0.2, 0.25) is 0 Å². The number of imidazole rings is 1. The number of hydrogen-bond donors (Lipinski definition) is 0. The average Bonchev–Trinajstić information content (AvgIpc) is 2.31. The van der Waals surface area contributed by atoms with Gasteiger partial charge in [-0.3, -0.25) is 4.79 Å². The Morgan fingerprint density at radius 1 is 1.67 bits per heavy atom. The molecule has 1 aromatic heterocycles. The van der Waals surface area contributed by atoms with E-state index in [1.54, 1.807) is 19.4 Å². The lowest BCUT2D eigenvalue weighted by Gasteiger charge is -2.27. The highest BCUT2D eigenvalue weighted by Crippen LogP contribution is 2.32. The summed E-state index contributed by atoms with van der Waals surface area (Å²) in [5.74, 6) is 0.111. The van der Waals surface area contributed by atoms with Crippen LogP contribution in [0.3, 0.4) is 0 Å². The Morgan fingerprint density at radius 3 is 2.92 bits per heavy atom. The van der Waals surface area contributed by atoms with E-state index in [0.29, 0.717) is 6.04 Å². The quantitative estimate of drug-likeness (QED) is 0.625. The number of rotatable bonds is 2. The molecule has 0 aromatic carbocycles. The van der Waals surface area contributed by atoms with Crippen molar-refractivity contribution in [2.45, 2.75) is 32.2 Å². The van der Waals surface area contributed by atoms with Gasteiger partial charge in [-0.2, -0.15) is 0 Å². The van der Waals surface area contributed by atoms with E-state index in [2.05, 4.69) is 4.98 Å². The molecule has 0 unspecified atom stereocenters. The summed E-state index contributed by atoms with van der Waals surface area (Å²) in [6.07, 6.45) is 7.08. The van der Waals surface area contributed by atoms with Crippen molar-refractivity contribution in [1.82, 2.24) is 9.55 Å². The van der Waals surface area contributed by atoms with E-state index in [-0.39, 0.29) is 5.78 Å². The standard InChI is InChI=1S/C9H12N2O/c1-7(12)9-5-10-6-11(9)8-3-2-4-8/h5-6,8H,2-4H2,1H3. The number of carbonyl (C=O) groups excluding carboxylic acids is 1. The lowest BCUT2D eigenvalue weighted by Crippen LogP contribution is -2.19. The fourth-order valence-electron chi connectivity index (χ4n) is 1.53. The maximum Gasteiger partial charge on any atom is 0.177 e. The minimum Gasteiger partial charge on any atom is -0.325 e. The SMILES string of the molecule is CC(=O)c1cncn1C1CCC1. The second kappa shape index (κ2) is 2.73. The molecule has 2 rings (SSSR count). The highest BCUT2D eigenvalue weighted by molar-refractivity contribution is 5.92. The zero-order chi connectivity index (χ0) is 8.55. The molecule has 1 aliphatic carbocycles. The van der Waals surface area contributed by atoms with Crippen LogP contribution < -0.4 is 0 Å². The van der Waals surface area contributed by atoms with Crippen LogP contribution in [0.15, 0.2) is 12.5 Å². The summed E-state index contributed by atoms with van der Waals surface area (Å²) in [6.45, 7) is 1.59. The molecule has 0 atom stereocenters. The van der Waals surface area contributed by atoms with Crippen molar-refractivity contribution in [3.63, 3.8) is 0 Å². The first-order chi connectivity index (χ1) is 5.79. The fraction of sp³-hybridized carbons (Fsp3) is 0.556. The van der Waals surface area contributed by atoms with Crippen LogP contribution in [-0.2, 0) is 0 Å². The molecule has 1 heterocycles. The van der Waals surface area contributed by atoms with E-state index in [0.717, 1.165) is 5.69 Å². The van der Waals surface area contributed by atoms with Crippen molar-refractivity contribution in [2.24, 2.45) is 0 Å². The van der Waals surface area contributed by atoms with Gasteiger partial charge in [-0.15, -0.1) is 0 Å². The van der Waals surface area contributed by atoms with Crippen LogP contribution >= 0.6 is 0 Å².